The van der Waals surface area contributed by atoms with Crippen molar-refractivity contribution in [2.75, 3.05) is 13.1 Å². The van der Waals surface area contributed by atoms with Crippen molar-refractivity contribution in [1.29, 1.82) is 0 Å². The van der Waals surface area contributed by atoms with Crippen molar-refractivity contribution in [3.05, 3.63) is 35.3 Å². The molecule has 3 heterocycles. The second kappa shape index (κ2) is 6.59. The number of carbonyl (C=O) groups is 1. The lowest BCUT2D eigenvalue weighted by Crippen LogP contribution is -2.44. The molecular formula is C17H20N4O3. The molecule has 0 bridgehead atoms. The predicted octanol–water partition coefficient (Wildman–Crippen LogP) is 2.03. The third kappa shape index (κ3) is 2.98. The first kappa shape index (κ1) is 15.1. The van der Waals surface area contributed by atoms with Crippen LogP contribution in [-0.4, -0.2) is 45.4 Å². The van der Waals surface area contributed by atoms with Gasteiger partial charge in [-0.05, 0) is 38.2 Å². The van der Waals surface area contributed by atoms with Crippen molar-refractivity contribution >= 4 is 5.91 Å². The Kier molecular flexibility index (Phi) is 4.15. The van der Waals surface area contributed by atoms with Crippen molar-refractivity contribution in [1.82, 2.24) is 20.3 Å². The highest BCUT2D eigenvalue weighted by Crippen LogP contribution is 2.26. The van der Waals surface area contributed by atoms with Crippen LogP contribution in [0, 0.1) is 0 Å². The average Bonchev–Trinajstić information content (AvgIpc) is 3.06. The molecule has 24 heavy (non-hydrogen) atoms. The topological polar surface area (TPSA) is 81.4 Å². The lowest BCUT2D eigenvalue weighted by Gasteiger charge is -2.32. The van der Waals surface area contributed by atoms with E-state index < -0.39 is 0 Å². The monoisotopic (exact) mass is 328 g/mol. The maximum Gasteiger partial charge on any atom is 0.276 e. The molecule has 7 nitrogen and oxygen atoms in total. The number of fused-ring (bicyclic) bond motifs is 1. The SMILES string of the molecule is O=C(c1noc2c1CCCC2)N1CCCC(Oc2cccnn2)C1. The molecular weight excluding hydrogens is 308 g/mol. The third-order valence-corrected chi connectivity index (χ3v) is 4.65. The fourth-order valence-corrected chi connectivity index (χ4v) is 3.44. The van der Waals surface area contributed by atoms with Crippen molar-refractivity contribution in [2.24, 2.45) is 0 Å². The zero-order valence-corrected chi connectivity index (χ0v) is 13.5. The number of rotatable bonds is 3. The first-order chi connectivity index (χ1) is 11.8. The third-order valence-electron chi connectivity index (χ3n) is 4.65. The lowest BCUT2D eigenvalue weighted by atomic mass is 9.96. The Morgan fingerprint density at radius 1 is 1.29 bits per heavy atom. The smallest absolute Gasteiger partial charge is 0.276 e. The zero-order chi connectivity index (χ0) is 16.4. The van der Waals surface area contributed by atoms with E-state index in [1.165, 1.54) is 0 Å². The summed E-state index contributed by atoms with van der Waals surface area (Å²) in [5.41, 5.74) is 1.49. The summed E-state index contributed by atoms with van der Waals surface area (Å²) in [6, 6.07) is 3.57. The highest BCUT2D eigenvalue weighted by Gasteiger charge is 2.31. The van der Waals surface area contributed by atoms with Gasteiger partial charge in [0.25, 0.3) is 5.91 Å². The molecule has 0 spiro atoms. The number of carbonyl (C=O) groups excluding carboxylic acids is 1. The van der Waals surface area contributed by atoms with Gasteiger partial charge in [-0.2, -0.15) is 5.10 Å². The van der Waals surface area contributed by atoms with Crippen LogP contribution in [0.2, 0.25) is 0 Å². The Hall–Kier alpha value is -2.44. The second-order valence-electron chi connectivity index (χ2n) is 6.34. The van der Waals surface area contributed by atoms with Crippen molar-refractivity contribution < 1.29 is 14.1 Å². The fourth-order valence-electron chi connectivity index (χ4n) is 3.44. The summed E-state index contributed by atoms with van der Waals surface area (Å²) >= 11 is 0. The van der Waals surface area contributed by atoms with Gasteiger partial charge in [-0.1, -0.05) is 5.16 Å². The van der Waals surface area contributed by atoms with E-state index in [9.17, 15) is 4.79 Å². The molecule has 1 aliphatic carbocycles. The van der Waals surface area contributed by atoms with Crippen molar-refractivity contribution in [2.45, 2.75) is 44.6 Å². The maximum absolute atomic E-state index is 12.9. The Morgan fingerprint density at radius 3 is 3.08 bits per heavy atom. The molecule has 0 aromatic carbocycles. The quantitative estimate of drug-likeness (QED) is 0.857. The minimum absolute atomic E-state index is 0.0469. The van der Waals surface area contributed by atoms with Gasteiger partial charge in [-0.15, -0.1) is 5.10 Å². The van der Waals surface area contributed by atoms with E-state index in [-0.39, 0.29) is 12.0 Å². The molecule has 1 atom stereocenters. The summed E-state index contributed by atoms with van der Waals surface area (Å²) < 4.78 is 11.2. The van der Waals surface area contributed by atoms with Gasteiger partial charge >= 0.3 is 0 Å². The van der Waals surface area contributed by atoms with Crippen LogP contribution in [0.3, 0.4) is 0 Å². The van der Waals surface area contributed by atoms with E-state index in [1.54, 1.807) is 18.3 Å². The maximum atomic E-state index is 12.9. The number of aryl methyl sites for hydroxylation is 1. The van der Waals surface area contributed by atoms with E-state index >= 15 is 0 Å². The Bertz CT molecular complexity index is 716. The van der Waals surface area contributed by atoms with E-state index in [4.69, 9.17) is 9.26 Å². The number of hydrogen-bond donors (Lipinski definition) is 0. The van der Waals surface area contributed by atoms with Gasteiger partial charge in [-0.25, -0.2) is 0 Å². The highest BCUT2D eigenvalue weighted by atomic mass is 16.5. The number of hydrogen-bond acceptors (Lipinski definition) is 6. The van der Waals surface area contributed by atoms with E-state index in [0.29, 0.717) is 18.1 Å². The highest BCUT2D eigenvalue weighted by molar-refractivity contribution is 5.94. The normalized spacial score (nSPS) is 20.5. The van der Waals surface area contributed by atoms with Crippen LogP contribution in [0.4, 0.5) is 0 Å². The van der Waals surface area contributed by atoms with Crippen LogP contribution in [0.1, 0.15) is 47.5 Å². The van der Waals surface area contributed by atoms with Crippen LogP contribution in [0.5, 0.6) is 5.88 Å². The summed E-state index contributed by atoms with van der Waals surface area (Å²) in [7, 11) is 0. The van der Waals surface area contributed by atoms with Gasteiger partial charge in [0.15, 0.2) is 5.69 Å². The van der Waals surface area contributed by atoms with Gasteiger partial charge in [0.1, 0.15) is 11.9 Å². The minimum Gasteiger partial charge on any atom is -0.471 e. The average molecular weight is 328 g/mol. The van der Waals surface area contributed by atoms with Crippen LogP contribution in [0.15, 0.2) is 22.9 Å². The van der Waals surface area contributed by atoms with E-state index in [2.05, 4.69) is 15.4 Å². The number of nitrogens with zero attached hydrogens (tertiary/aromatic N) is 4. The Balaban J connectivity index is 1.46. The second-order valence-corrected chi connectivity index (χ2v) is 6.34. The molecule has 2 aromatic rings. The molecule has 2 aromatic heterocycles. The summed E-state index contributed by atoms with van der Waals surface area (Å²) in [5, 5.41) is 11.8. The minimum atomic E-state index is -0.0675. The summed E-state index contributed by atoms with van der Waals surface area (Å²) in [4.78, 5) is 14.7. The van der Waals surface area contributed by atoms with E-state index in [0.717, 1.165) is 56.4 Å². The molecule has 126 valence electrons. The predicted molar refractivity (Wildman–Crippen MR) is 84.7 cm³/mol. The molecule has 1 fully saturated rings. The van der Waals surface area contributed by atoms with Crippen LogP contribution >= 0.6 is 0 Å². The van der Waals surface area contributed by atoms with Crippen LogP contribution in [0.25, 0.3) is 0 Å². The molecule has 0 N–H and O–H groups in total. The summed E-state index contributed by atoms with van der Waals surface area (Å²) in [6.45, 7) is 1.26. The summed E-state index contributed by atoms with van der Waals surface area (Å²) in [5.74, 6) is 1.33. The lowest BCUT2D eigenvalue weighted by molar-refractivity contribution is 0.0516. The van der Waals surface area contributed by atoms with Crippen molar-refractivity contribution in [3.8, 4) is 5.88 Å². The van der Waals surface area contributed by atoms with Gasteiger partial charge in [0.2, 0.25) is 5.88 Å². The molecule has 0 saturated carbocycles. The van der Waals surface area contributed by atoms with Crippen molar-refractivity contribution in [3.63, 3.8) is 0 Å². The zero-order valence-electron chi connectivity index (χ0n) is 13.5. The molecule has 0 radical (unpaired) electrons. The largest absolute Gasteiger partial charge is 0.471 e. The fraction of sp³-hybridized carbons (Fsp3) is 0.529. The van der Waals surface area contributed by atoms with Gasteiger partial charge < -0.3 is 14.2 Å². The molecule has 1 saturated heterocycles. The van der Waals surface area contributed by atoms with Gasteiger partial charge in [-0.3, -0.25) is 4.79 Å². The van der Waals surface area contributed by atoms with Gasteiger partial charge in [0, 0.05) is 30.8 Å². The number of ether oxygens (including phenoxy) is 1. The van der Waals surface area contributed by atoms with Crippen LogP contribution < -0.4 is 4.74 Å². The molecule has 1 unspecified atom stereocenters. The molecule has 1 aliphatic heterocycles. The number of likely N-dealkylation sites (tertiary alicyclic amines) is 1. The summed E-state index contributed by atoms with van der Waals surface area (Å²) in [6.07, 6.45) is 7.30. The molecule has 2 aliphatic rings. The number of piperidine rings is 1. The first-order valence-electron chi connectivity index (χ1n) is 8.52. The van der Waals surface area contributed by atoms with Gasteiger partial charge in [0.05, 0.1) is 6.54 Å². The Morgan fingerprint density at radius 2 is 2.21 bits per heavy atom. The Labute approximate surface area is 140 Å². The number of amides is 1. The van der Waals surface area contributed by atoms with E-state index in [1.807, 2.05) is 4.90 Å². The van der Waals surface area contributed by atoms with Crippen LogP contribution in [-0.2, 0) is 12.8 Å². The first-order valence-corrected chi connectivity index (χ1v) is 8.52. The molecule has 7 heteroatoms. The molecule has 4 rings (SSSR count). The standard InChI is InChI=1S/C17H20N4O3/c22-17(16-13-6-1-2-7-14(13)24-20-16)21-10-4-5-12(11-21)23-15-8-3-9-18-19-15/h3,8-9,12H,1-2,4-7,10-11H2. The number of aromatic nitrogens is 3. The molecule has 1 amide bonds.